The fourth-order valence-corrected chi connectivity index (χ4v) is 1.56. The molecule has 1 atom stereocenters. The van der Waals surface area contributed by atoms with E-state index in [-0.39, 0.29) is 5.78 Å². The molecule has 0 aliphatic rings. The van der Waals surface area contributed by atoms with Crippen LogP contribution >= 0.6 is 0 Å². The molecule has 0 spiro atoms. The van der Waals surface area contributed by atoms with Gasteiger partial charge in [0.2, 0.25) is 0 Å². The highest BCUT2D eigenvalue weighted by molar-refractivity contribution is 5.84. The molecule has 3 N–H and O–H groups in total. The Hall–Kier alpha value is -1.68. The zero-order chi connectivity index (χ0) is 10.8. The van der Waals surface area contributed by atoms with Crippen LogP contribution in [0, 0.1) is 0 Å². The van der Waals surface area contributed by atoms with Crippen LogP contribution in [0.15, 0.2) is 24.5 Å². The van der Waals surface area contributed by atoms with Crippen molar-refractivity contribution in [3.63, 3.8) is 0 Å². The summed E-state index contributed by atoms with van der Waals surface area (Å²) in [5.74, 6) is 0.00763. The van der Waals surface area contributed by atoms with Gasteiger partial charge in [-0.25, -0.2) is 4.98 Å². The van der Waals surface area contributed by atoms with E-state index in [1.54, 1.807) is 6.20 Å². The summed E-state index contributed by atoms with van der Waals surface area (Å²) in [6.45, 7) is 1.51. The van der Waals surface area contributed by atoms with E-state index in [0.29, 0.717) is 6.42 Å². The van der Waals surface area contributed by atoms with Gasteiger partial charge >= 0.3 is 0 Å². The standard InChI is InChI=1S/C11H13N3O/c1-7(15)10(12)5-8-6-14-11-9(8)3-2-4-13-11/h2-4,6,10H,5,12H2,1H3,(H,13,14). The fourth-order valence-electron chi connectivity index (χ4n) is 1.56. The summed E-state index contributed by atoms with van der Waals surface area (Å²) >= 11 is 0. The van der Waals surface area contributed by atoms with Gasteiger partial charge in [0.25, 0.3) is 0 Å². The number of pyridine rings is 1. The number of nitrogens with zero attached hydrogens (tertiary/aromatic N) is 1. The number of aromatic amines is 1. The number of carbonyl (C=O) groups excluding carboxylic acids is 1. The fraction of sp³-hybridized carbons (Fsp3) is 0.273. The number of nitrogens with one attached hydrogen (secondary N) is 1. The lowest BCUT2D eigenvalue weighted by molar-refractivity contribution is -0.118. The summed E-state index contributed by atoms with van der Waals surface area (Å²) in [5.41, 5.74) is 7.59. The largest absolute Gasteiger partial charge is 0.346 e. The molecule has 78 valence electrons. The molecule has 15 heavy (non-hydrogen) atoms. The quantitative estimate of drug-likeness (QED) is 0.782. The third-order valence-corrected chi connectivity index (χ3v) is 2.50. The molecule has 2 rings (SSSR count). The van der Waals surface area contributed by atoms with Crippen LogP contribution in [-0.2, 0) is 11.2 Å². The van der Waals surface area contributed by atoms with Crippen LogP contribution in [0.3, 0.4) is 0 Å². The van der Waals surface area contributed by atoms with E-state index in [2.05, 4.69) is 9.97 Å². The Morgan fingerprint density at radius 2 is 2.47 bits per heavy atom. The van der Waals surface area contributed by atoms with Gasteiger partial charge in [-0.2, -0.15) is 0 Å². The number of H-pyrrole nitrogens is 1. The smallest absolute Gasteiger partial charge is 0.146 e. The predicted molar refractivity (Wildman–Crippen MR) is 58.5 cm³/mol. The summed E-state index contributed by atoms with van der Waals surface area (Å²) in [4.78, 5) is 18.3. The Kier molecular flexibility index (Phi) is 2.51. The van der Waals surface area contributed by atoms with Gasteiger partial charge in [0.1, 0.15) is 11.4 Å². The summed E-state index contributed by atoms with van der Waals surface area (Å²) < 4.78 is 0. The normalized spacial score (nSPS) is 12.9. The van der Waals surface area contributed by atoms with Crippen LogP contribution in [-0.4, -0.2) is 21.8 Å². The van der Waals surface area contributed by atoms with Crippen molar-refractivity contribution in [3.8, 4) is 0 Å². The molecule has 0 fully saturated rings. The van der Waals surface area contributed by atoms with E-state index >= 15 is 0 Å². The molecule has 0 saturated heterocycles. The summed E-state index contributed by atoms with van der Waals surface area (Å²) in [5, 5.41) is 1.04. The zero-order valence-electron chi connectivity index (χ0n) is 8.53. The average molecular weight is 203 g/mol. The van der Waals surface area contributed by atoms with Gasteiger partial charge in [-0.1, -0.05) is 0 Å². The van der Waals surface area contributed by atoms with E-state index < -0.39 is 6.04 Å². The molecule has 0 bridgehead atoms. The first-order valence-corrected chi connectivity index (χ1v) is 4.85. The van der Waals surface area contributed by atoms with Crippen molar-refractivity contribution < 1.29 is 4.79 Å². The van der Waals surface area contributed by atoms with Crippen LogP contribution in [0.5, 0.6) is 0 Å². The second kappa shape index (κ2) is 3.82. The van der Waals surface area contributed by atoms with E-state index in [1.165, 1.54) is 6.92 Å². The number of hydrogen-bond donors (Lipinski definition) is 2. The molecule has 1 unspecified atom stereocenters. The Labute approximate surface area is 87.5 Å². The number of Topliss-reactive ketones (excluding diaryl/α,β-unsaturated/α-hetero) is 1. The number of aromatic nitrogens is 2. The van der Waals surface area contributed by atoms with Gasteiger partial charge in [0.15, 0.2) is 0 Å². The van der Waals surface area contributed by atoms with Crippen molar-refractivity contribution in [3.05, 3.63) is 30.1 Å². The minimum atomic E-state index is -0.427. The summed E-state index contributed by atoms with van der Waals surface area (Å²) in [6, 6.07) is 3.42. The molecule has 2 heterocycles. The third kappa shape index (κ3) is 1.89. The van der Waals surface area contributed by atoms with Crippen LogP contribution < -0.4 is 5.73 Å². The van der Waals surface area contributed by atoms with Crippen LogP contribution in [0.2, 0.25) is 0 Å². The first kappa shape index (κ1) is 9.86. The number of carbonyl (C=O) groups is 1. The van der Waals surface area contributed by atoms with Crippen molar-refractivity contribution >= 4 is 16.8 Å². The Morgan fingerprint density at radius 3 is 3.20 bits per heavy atom. The highest BCUT2D eigenvalue weighted by Crippen LogP contribution is 2.16. The van der Waals surface area contributed by atoms with Crippen molar-refractivity contribution in [1.29, 1.82) is 0 Å². The van der Waals surface area contributed by atoms with Crippen molar-refractivity contribution in [2.45, 2.75) is 19.4 Å². The van der Waals surface area contributed by atoms with E-state index in [0.717, 1.165) is 16.6 Å². The summed E-state index contributed by atoms with van der Waals surface area (Å²) in [6.07, 6.45) is 4.15. The van der Waals surface area contributed by atoms with Crippen LogP contribution in [0.25, 0.3) is 11.0 Å². The lowest BCUT2D eigenvalue weighted by atomic mass is 10.0. The minimum Gasteiger partial charge on any atom is -0.346 e. The minimum absolute atomic E-state index is 0.00763. The van der Waals surface area contributed by atoms with E-state index in [1.807, 2.05) is 18.3 Å². The van der Waals surface area contributed by atoms with Gasteiger partial charge in [0, 0.05) is 17.8 Å². The maximum absolute atomic E-state index is 11.1. The molecular weight excluding hydrogens is 190 g/mol. The highest BCUT2D eigenvalue weighted by atomic mass is 16.1. The third-order valence-electron chi connectivity index (χ3n) is 2.50. The van der Waals surface area contributed by atoms with Gasteiger partial charge in [-0.15, -0.1) is 0 Å². The van der Waals surface area contributed by atoms with E-state index in [9.17, 15) is 4.79 Å². The van der Waals surface area contributed by atoms with Crippen LogP contribution in [0.1, 0.15) is 12.5 Å². The lowest BCUT2D eigenvalue weighted by Gasteiger charge is -2.05. The molecule has 0 aliphatic carbocycles. The van der Waals surface area contributed by atoms with Gasteiger partial charge in [0.05, 0.1) is 6.04 Å². The lowest BCUT2D eigenvalue weighted by Crippen LogP contribution is -2.30. The molecular formula is C11H13N3O. The Morgan fingerprint density at radius 1 is 1.67 bits per heavy atom. The second-order valence-corrected chi connectivity index (χ2v) is 3.63. The van der Waals surface area contributed by atoms with Gasteiger partial charge in [-0.3, -0.25) is 4.79 Å². The Balaban J connectivity index is 2.32. The second-order valence-electron chi connectivity index (χ2n) is 3.63. The zero-order valence-corrected chi connectivity index (χ0v) is 8.53. The van der Waals surface area contributed by atoms with Crippen molar-refractivity contribution in [2.75, 3.05) is 0 Å². The summed E-state index contributed by atoms with van der Waals surface area (Å²) in [7, 11) is 0. The number of hydrogen-bond acceptors (Lipinski definition) is 3. The molecule has 4 heteroatoms. The first-order valence-electron chi connectivity index (χ1n) is 4.85. The molecule has 0 radical (unpaired) electrons. The molecule has 0 aliphatic heterocycles. The molecule has 0 aromatic carbocycles. The SMILES string of the molecule is CC(=O)C(N)Cc1c[nH]c2ncccc12. The monoisotopic (exact) mass is 203 g/mol. The first-order chi connectivity index (χ1) is 7.18. The molecule has 2 aromatic rings. The highest BCUT2D eigenvalue weighted by Gasteiger charge is 2.12. The maximum Gasteiger partial charge on any atom is 0.146 e. The average Bonchev–Trinajstić information content (AvgIpc) is 2.62. The van der Waals surface area contributed by atoms with Gasteiger partial charge < -0.3 is 10.7 Å². The molecule has 0 amide bonds. The number of rotatable bonds is 3. The van der Waals surface area contributed by atoms with Gasteiger partial charge in [-0.05, 0) is 31.0 Å². The number of ketones is 1. The molecule has 2 aromatic heterocycles. The molecule has 0 saturated carbocycles. The van der Waals surface area contributed by atoms with Crippen LogP contribution in [0.4, 0.5) is 0 Å². The topological polar surface area (TPSA) is 71.8 Å². The predicted octanol–water partition coefficient (Wildman–Crippen LogP) is 1.02. The number of fused-ring (bicyclic) bond motifs is 1. The van der Waals surface area contributed by atoms with Crippen molar-refractivity contribution in [1.82, 2.24) is 9.97 Å². The molecule has 4 nitrogen and oxygen atoms in total. The number of nitrogens with two attached hydrogens (primary N) is 1. The Bertz CT molecular complexity index is 489. The van der Waals surface area contributed by atoms with Crippen molar-refractivity contribution in [2.24, 2.45) is 5.73 Å². The van der Waals surface area contributed by atoms with E-state index in [4.69, 9.17) is 5.73 Å². The maximum atomic E-state index is 11.1.